The quantitative estimate of drug-likeness (QED) is 0.584. The minimum Gasteiger partial charge on any atom is -0.395 e. The third-order valence-electron chi connectivity index (χ3n) is 3.87. The Morgan fingerprint density at radius 2 is 2.19 bits per heavy atom. The predicted octanol–water partition coefficient (Wildman–Crippen LogP) is -2.20. The number of aliphatic hydroxyl groups is 1. The van der Waals surface area contributed by atoms with Gasteiger partial charge in [0.05, 0.1) is 13.0 Å². The molecule has 116 valence electrons. The van der Waals surface area contributed by atoms with E-state index in [-0.39, 0.29) is 36.6 Å². The summed E-state index contributed by atoms with van der Waals surface area (Å²) in [5.41, 5.74) is -0.724. The summed E-state index contributed by atoms with van der Waals surface area (Å²) in [6, 6.07) is 0.0162. The van der Waals surface area contributed by atoms with Crippen molar-refractivity contribution in [1.82, 2.24) is 19.8 Å². The van der Waals surface area contributed by atoms with Crippen molar-refractivity contribution in [2.45, 2.75) is 24.9 Å². The van der Waals surface area contributed by atoms with E-state index in [9.17, 15) is 19.5 Å². The first-order valence-corrected chi connectivity index (χ1v) is 6.80. The van der Waals surface area contributed by atoms with Gasteiger partial charge in [-0.1, -0.05) is 0 Å². The first-order chi connectivity index (χ1) is 9.92. The average Bonchev–Trinajstić information content (AvgIpc) is 2.79. The highest BCUT2D eigenvalue weighted by atomic mass is 16.3. The molecule has 3 N–H and O–H groups in total. The molecule has 0 spiro atoms. The second-order valence-electron chi connectivity index (χ2n) is 5.44. The Balaban J connectivity index is 1.99. The molecule has 2 rings (SSSR count). The number of nitrogens with zero attached hydrogens (tertiary/aromatic N) is 2. The second kappa shape index (κ2) is 6.23. The van der Waals surface area contributed by atoms with Gasteiger partial charge in [-0.2, -0.15) is 0 Å². The van der Waals surface area contributed by atoms with Gasteiger partial charge in [0.2, 0.25) is 5.91 Å². The number of aromatic nitrogens is 2. The van der Waals surface area contributed by atoms with Crippen LogP contribution >= 0.6 is 0 Å². The van der Waals surface area contributed by atoms with E-state index in [1.54, 1.807) is 0 Å². The maximum absolute atomic E-state index is 12.0. The lowest BCUT2D eigenvalue weighted by Crippen LogP contribution is -2.40. The van der Waals surface area contributed by atoms with Gasteiger partial charge in [-0.05, 0) is 13.5 Å². The zero-order valence-corrected chi connectivity index (χ0v) is 12.1. The van der Waals surface area contributed by atoms with Crippen LogP contribution in [-0.2, 0) is 18.3 Å². The molecule has 0 radical (unpaired) electrons. The number of carbonyl (C=O) groups excluding carboxylic acids is 1. The lowest BCUT2D eigenvalue weighted by molar-refractivity contribution is -0.121. The van der Waals surface area contributed by atoms with E-state index in [1.807, 2.05) is 11.9 Å². The molecule has 0 aliphatic carbocycles. The molecule has 1 amide bonds. The number of aromatic amines is 1. The number of likely N-dealkylation sites (N-methyl/N-ethyl adjacent to an activating group) is 1. The van der Waals surface area contributed by atoms with Crippen LogP contribution in [0.4, 0.5) is 0 Å². The van der Waals surface area contributed by atoms with Gasteiger partial charge in [0.25, 0.3) is 5.56 Å². The Bertz CT molecular complexity index is 636. The molecule has 8 nitrogen and oxygen atoms in total. The van der Waals surface area contributed by atoms with Crippen molar-refractivity contribution in [2.75, 3.05) is 20.2 Å². The summed E-state index contributed by atoms with van der Waals surface area (Å²) in [5.74, 6) is -0.267. The lowest BCUT2D eigenvalue weighted by Gasteiger charge is -2.15. The number of nitrogens with one attached hydrogen (secondary N) is 2. The minimum atomic E-state index is -0.507. The highest BCUT2D eigenvalue weighted by molar-refractivity contribution is 5.78. The summed E-state index contributed by atoms with van der Waals surface area (Å²) in [7, 11) is 3.26. The smallest absolute Gasteiger partial charge is 0.328 e. The molecule has 1 aromatic heterocycles. The molecule has 1 saturated heterocycles. The molecule has 21 heavy (non-hydrogen) atoms. The van der Waals surface area contributed by atoms with Crippen molar-refractivity contribution in [2.24, 2.45) is 7.05 Å². The van der Waals surface area contributed by atoms with Crippen molar-refractivity contribution >= 4 is 5.91 Å². The summed E-state index contributed by atoms with van der Waals surface area (Å²) < 4.78 is 0.938. The molecule has 2 heterocycles. The molecule has 0 unspecified atom stereocenters. The molecule has 2 atom stereocenters. The van der Waals surface area contributed by atoms with E-state index in [1.165, 1.54) is 13.2 Å². The summed E-state index contributed by atoms with van der Waals surface area (Å²) in [6.07, 6.45) is 1.89. The van der Waals surface area contributed by atoms with Crippen LogP contribution in [0.3, 0.4) is 0 Å². The van der Waals surface area contributed by atoms with Gasteiger partial charge >= 0.3 is 5.69 Å². The van der Waals surface area contributed by atoms with Crippen LogP contribution in [0.15, 0.2) is 15.8 Å². The lowest BCUT2D eigenvalue weighted by atomic mass is 10.1. The normalized spacial score (nSPS) is 22.4. The number of carbonyl (C=O) groups is 1. The fourth-order valence-corrected chi connectivity index (χ4v) is 2.59. The standard InChI is InChI=1S/C13H20N4O4/c1-16-6-9(4-10(16)7-18)15-11(19)3-8-5-14-13(21)17(2)12(8)20/h5,9-10,18H,3-4,6-7H2,1-2H3,(H,14,21)(H,15,19)/t9-,10+/m1/s1. The van der Waals surface area contributed by atoms with Crippen LogP contribution in [0.1, 0.15) is 12.0 Å². The Labute approximate surface area is 121 Å². The van der Waals surface area contributed by atoms with E-state index in [0.29, 0.717) is 13.0 Å². The highest BCUT2D eigenvalue weighted by Crippen LogP contribution is 2.15. The van der Waals surface area contributed by atoms with Gasteiger partial charge in [0.15, 0.2) is 0 Å². The number of amides is 1. The van der Waals surface area contributed by atoms with Crippen LogP contribution in [0.25, 0.3) is 0 Å². The Kier molecular flexibility index (Phi) is 4.59. The van der Waals surface area contributed by atoms with Crippen molar-refractivity contribution < 1.29 is 9.90 Å². The van der Waals surface area contributed by atoms with E-state index in [4.69, 9.17) is 0 Å². The molecule has 0 saturated carbocycles. The molecule has 0 aromatic carbocycles. The summed E-state index contributed by atoms with van der Waals surface area (Å²) >= 11 is 0. The fourth-order valence-electron chi connectivity index (χ4n) is 2.59. The minimum absolute atomic E-state index is 0.0359. The average molecular weight is 296 g/mol. The van der Waals surface area contributed by atoms with Crippen LogP contribution < -0.4 is 16.6 Å². The Hall–Kier alpha value is -1.93. The maximum atomic E-state index is 12.0. The largest absolute Gasteiger partial charge is 0.395 e. The topological polar surface area (TPSA) is 107 Å². The van der Waals surface area contributed by atoms with Gasteiger partial charge in [0, 0.05) is 37.4 Å². The SMILES string of the molecule is CN1C[C@H](NC(=O)Cc2c[nH]c(=O)n(C)c2=O)C[C@H]1CO. The predicted molar refractivity (Wildman–Crippen MR) is 76.1 cm³/mol. The van der Waals surface area contributed by atoms with Crippen LogP contribution in [0.2, 0.25) is 0 Å². The Morgan fingerprint density at radius 3 is 2.81 bits per heavy atom. The van der Waals surface area contributed by atoms with Crippen LogP contribution in [-0.4, -0.2) is 57.7 Å². The van der Waals surface area contributed by atoms with Crippen LogP contribution in [0, 0.1) is 0 Å². The van der Waals surface area contributed by atoms with E-state index in [2.05, 4.69) is 10.3 Å². The van der Waals surface area contributed by atoms with Gasteiger partial charge in [0.1, 0.15) is 0 Å². The van der Waals surface area contributed by atoms with E-state index in [0.717, 1.165) is 4.57 Å². The van der Waals surface area contributed by atoms with Gasteiger partial charge in [-0.25, -0.2) is 4.79 Å². The number of likely N-dealkylation sites (tertiary alicyclic amines) is 1. The first-order valence-electron chi connectivity index (χ1n) is 6.80. The third kappa shape index (κ3) is 3.40. The third-order valence-corrected chi connectivity index (χ3v) is 3.87. The maximum Gasteiger partial charge on any atom is 0.328 e. The fraction of sp³-hybridized carbons (Fsp3) is 0.615. The van der Waals surface area contributed by atoms with Crippen molar-refractivity contribution in [3.05, 3.63) is 32.6 Å². The molecular weight excluding hydrogens is 276 g/mol. The van der Waals surface area contributed by atoms with Crippen molar-refractivity contribution in [3.63, 3.8) is 0 Å². The van der Waals surface area contributed by atoms with Crippen molar-refractivity contribution in [1.29, 1.82) is 0 Å². The molecule has 1 aliphatic rings. The van der Waals surface area contributed by atoms with E-state index >= 15 is 0 Å². The van der Waals surface area contributed by atoms with Crippen molar-refractivity contribution in [3.8, 4) is 0 Å². The summed E-state index contributed by atoms with van der Waals surface area (Å²) in [6.45, 7) is 0.726. The van der Waals surface area contributed by atoms with Gasteiger partial charge in [-0.15, -0.1) is 0 Å². The number of aliphatic hydroxyl groups excluding tert-OH is 1. The number of rotatable bonds is 4. The molecule has 1 aliphatic heterocycles. The zero-order valence-electron chi connectivity index (χ0n) is 12.1. The van der Waals surface area contributed by atoms with Gasteiger partial charge in [-0.3, -0.25) is 19.1 Å². The summed E-state index contributed by atoms with van der Waals surface area (Å²) in [4.78, 5) is 39.5. The Morgan fingerprint density at radius 1 is 1.48 bits per heavy atom. The molecule has 8 heteroatoms. The zero-order chi connectivity index (χ0) is 15.6. The molecular formula is C13H20N4O4. The van der Waals surface area contributed by atoms with Crippen LogP contribution in [0.5, 0.6) is 0 Å². The van der Waals surface area contributed by atoms with Gasteiger partial charge < -0.3 is 15.4 Å². The molecule has 1 aromatic rings. The number of hydrogen-bond acceptors (Lipinski definition) is 5. The van der Waals surface area contributed by atoms with E-state index < -0.39 is 11.2 Å². The molecule has 0 bridgehead atoms. The molecule has 1 fully saturated rings. The summed E-state index contributed by atoms with van der Waals surface area (Å²) in [5, 5.41) is 12.0. The number of H-pyrrole nitrogens is 1. The first kappa shape index (κ1) is 15.5. The highest BCUT2D eigenvalue weighted by Gasteiger charge is 2.29. The monoisotopic (exact) mass is 296 g/mol. The second-order valence-corrected chi connectivity index (χ2v) is 5.44. The number of hydrogen-bond donors (Lipinski definition) is 3.